The second-order valence-corrected chi connectivity index (χ2v) is 9.83. The van der Waals surface area contributed by atoms with Gasteiger partial charge in [-0.05, 0) is 54.4 Å². The first-order valence-electron chi connectivity index (χ1n) is 10.6. The minimum absolute atomic E-state index is 0.0666. The number of quaternary nitrogens is 1. The van der Waals surface area contributed by atoms with Gasteiger partial charge in [0.25, 0.3) is 10.1 Å². The zero-order chi connectivity index (χ0) is 24.3. The molecule has 0 amide bonds. The van der Waals surface area contributed by atoms with Crippen LogP contribution >= 0.6 is 0 Å². The highest BCUT2D eigenvalue weighted by atomic mass is 32.2. The van der Waals surface area contributed by atoms with E-state index in [2.05, 4.69) is 81.8 Å². The molecule has 0 heterocycles. The van der Waals surface area contributed by atoms with Crippen molar-refractivity contribution in [1.29, 1.82) is 0 Å². The van der Waals surface area contributed by atoms with Crippen molar-refractivity contribution in [3.63, 3.8) is 0 Å². The number of rotatable bonds is 6. The van der Waals surface area contributed by atoms with Crippen LogP contribution in [0.15, 0.2) is 108 Å². The van der Waals surface area contributed by atoms with Crippen molar-refractivity contribution in [2.75, 3.05) is 21.1 Å². The predicted octanol–water partition coefficient (Wildman–Crippen LogP) is 6.41. The number of benzene rings is 3. The zero-order valence-electron chi connectivity index (χ0n) is 19.6. The summed E-state index contributed by atoms with van der Waals surface area (Å²) in [6.07, 6.45) is 12.4. The first-order valence-corrected chi connectivity index (χ1v) is 12.0. The van der Waals surface area contributed by atoms with Crippen LogP contribution in [0.3, 0.4) is 0 Å². The minimum atomic E-state index is -4.02. The van der Waals surface area contributed by atoms with E-state index in [9.17, 15) is 8.42 Å². The van der Waals surface area contributed by atoms with Crippen molar-refractivity contribution in [2.24, 2.45) is 0 Å². The lowest BCUT2D eigenvalue weighted by Crippen LogP contribution is -2.34. The van der Waals surface area contributed by atoms with Gasteiger partial charge in [0.05, 0.1) is 26.0 Å². The van der Waals surface area contributed by atoms with E-state index in [1.807, 2.05) is 37.3 Å². The van der Waals surface area contributed by atoms with Crippen molar-refractivity contribution in [1.82, 2.24) is 4.48 Å². The Kier molecular flexibility index (Phi) is 9.55. The number of aryl methyl sites for hydroxylation is 1. The van der Waals surface area contributed by atoms with Gasteiger partial charge in [-0.3, -0.25) is 9.04 Å². The van der Waals surface area contributed by atoms with Crippen LogP contribution in [0.1, 0.15) is 16.7 Å². The van der Waals surface area contributed by atoms with Crippen LogP contribution in [0.25, 0.3) is 12.2 Å². The smallest absolute Gasteiger partial charge is 0.294 e. The van der Waals surface area contributed by atoms with Crippen LogP contribution in [0.5, 0.6) is 0 Å². The van der Waals surface area contributed by atoms with Gasteiger partial charge in [0, 0.05) is 0 Å². The monoisotopic (exact) mass is 462 g/mol. The molecule has 0 unspecified atom stereocenters. The predicted molar refractivity (Wildman–Crippen MR) is 141 cm³/mol. The van der Waals surface area contributed by atoms with E-state index in [0.717, 1.165) is 10.0 Å². The van der Waals surface area contributed by atoms with Gasteiger partial charge in [0.15, 0.2) is 0 Å². The van der Waals surface area contributed by atoms with E-state index < -0.39 is 10.1 Å². The summed E-state index contributed by atoms with van der Waals surface area (Å²) >= 11 is 0. The van der Waals surface area contributed by atoms with E-state index in [4.69, 9.17) is 4.55 Å². The molecule has 33 heavy (non-hydrogen) atoms. The summed E-state index contributed by atoms with van der Waals surface area (Å²) in [7, 11) is 2.50. The normalized spacial score (nSPS) is 12.3. The highest BCUT2D eigenvalue weighted by Gasteiger charge is 2.10. The van der Waals surface area contributed by atoms with Crippen molar-refractivity contribution in [2.45, 2.75) is 11.8 Å². The standard InChI is InChI=1S/C21H24N.C7H8O3S/c1-22(2,3)21-17-15-20(16-18-21)14-8-5-4-7-11-19-12-9-6-10-13-19;1-6-2-4-7(5-3-6)11(8,9)10/h4-18H,1-3H3;2-5H,1H3,(H,8,9,10)/q+1;. The summed E-state index contributed by atoms with van der Waals surface area (Å²) in [6.45, 7) is 1.84. The molecule has 3 aromatic rings. The Hall–Kier alpha value is -3.25. The van der Waals surface area contributed by atoms with Gasteiger partial charge in [-0.1, -0.05) is 84.5 Å². The van der Waals surface area contributed by atoms with Gasteiger partial charge in [0.1, 0.15) is 5.69 Å². The van der Waals surface area contributed by atoms with Crippen molar-refractivity contribution in [3.8, 4) is 0 Å². The lowest BCUT2D eigenvalue weighted by Gasteiger charge is -2.23. The minimum Gasteiger partial charge on any atom is -0.298 e. The second-order valence-electron chi connectivity index (χ2n) is 8.41. The fraction of sp³-hybridized carbons (Fsp3) is 0.143. The molecule has 0 aromatic heterocycles. The molecule has 4 nitrogen and oxygen atoms in total. The summed E-state index contributed by atoms with van der Waals surface area (Å²) in [6, 6.07) is 25.0. The van der Waals surface area contributed by atoms with Gasteiger partial charge >= 0.3 is 0 Å². The highest BCUT2D eigenvalue weighted by Crippen LogP contribution is 2.17. The Labute approximate surface area is 198 Å². The average molecular weight is 463 g/mol. The molecule has 0 spiro atoms. The molecule has 0 aliphatic heterocycles. The number of nitrogens with zero attached hydrogens (tertiary/aromatic N) is 1. The fourth-order valence-corrected chi connectivity index (χ4v) is 3.25. The lowest BCUT2D eigenvalue weighted by molar-refractivity contribution is 0.483. The summed E-state index contributed by atoms with van der Waals surface area (Å²) in [5.74, 6) is 0. The molecule has 0 aliphatic carbocycles. The molecule has 0 saturated heterocycles. The molecule has 0 saturated carbocycles. The van der Waals surface area contributed by atoms with Crippen LogP contribution in [0, 0.1) is 6.92 Å². The molecule has 0 aliphatic rings. The Morgan fingerprint density at radius 3 is 1.61 bits per heavy atom. The van der Waals surface area contributed by atoms with E-state index in [1.54, 1.807) is 12.1 Å². The molecule has 0 fully saturated rings. The van der Waals surface area contributed by atoms with Crippen LogP contribution in [0.4, 0.5) is 5.69 Å². The van der Waals surface area contributed by atoms with Gasteiger partial charge in [-0.25, -0.2) is 0 Å². The Bertz CT molecular complexity index is 1180. The number of allylic oxidation sites excluding steroid dienone is 4. The van der Waals surface area contributed by atoms with Crippen LogP contribution in [-0.2, 0) is 10.1 Å². The molecular formula is C28H32NO3S+. The molecule has 0 atom stereocenters. The summed E-state index contributed by atoms with van der Waals surface area (Å²) in [5, 5.41) is 0. The fourth-order valence-electron chi connectivity index (χ4n) is 2.77. The SMILES string of the molecule is C[N+](C)(C)c1ccc(C=CC=CC=Cc2ccccc2)cc1.Cc1ccc(S(=O)(=O)O)cc1. The molecule has 3 aromatic carbocycles. The molecule has 0 radical (unpaired) electrons. The van der Waals surface area contributed by atoms with Gasteiger partial charge in [-0.2, -0.15) is 8.42 Å². The molecule has 1 N–H and O–H groups in total. The van der Waals surface area contributed by atoms with Gasteiger partial charge in [-0.15, -0.1) is 0 Å². The van der Waals surface area contributed by atoms with Gasteiger partial charge < -0.3 is 0 Å². The molecule has 5 heteroatoms. The topological polar surface area (TPSA) is 54.4 Å². The number of hydrogen-bond acceptors (Lipinski definition) is 2. The quantitative estimate of drug-likeness (QED) is 0.262. The molecule has 0 bridgehead atoms. The molecule has 3 rings (SSSR count). The maximum absolute atomic E-state index is 10.5. The Morgan fingerprint density at radius 2 is 1.15 bits per heavy atom. The third kappa shape index (κ3) is 9.83. The number of hydrogen-bond donors (Lipinski definition) is 1. The van der Waals surface area contributed by atoms with Gasteiger partial charge in [0.2, 0.25) is 0 Å². The largest absolute Gasteiger partial charge is 0.298 e. The highest BCUT2D eigenvalue weighted by molar-refractivity contribution is 7.85. The van der Waals surface area contributed by atoms with E-state index >= 15 is 0 Å². The first-order chi connectivity index (χ1) is 15.6. The van der Waals surface area contributed by atoms with Crippen molar-refractivity contribution < 1.29 is 13.0 Å². The van der Waals surface area contributed by atoms with E-state index in [1.165, 1.54) is 28.9 Å². The van der Waals surface area contributed by atoms with Crippen LogP contribution < -0.4 is 4.48 Å². The van der Waals surface area contributed by atoms with Crippen LogP contribution in [-0.4, -0.2) is 34.1 Å². The Morgan fingerprint density at radius 1 is 0.667 bits per heavy atom. The van der Waals surface area contributed by atoms with Crippen LogP contribution in [0.2, 0.25) is 0 Å². The van der Waals surface area contributed by atoms with Crippen molar-refractivity contribution >= 4 is 28.0 Å². The maximum Gasteiger partial charge on any atom is 0.294 e. The average Bonchev–Trinajstić information content (AvgIpc) is 2.77. The van der Waals surface area contributed by atoms with E-state index in [-0.39, 0.29) is 4.90 Å². The third-order valence-corrected chi connectivity index (χ3v) is 5.56. The Balaban J connectivity index is 0.000000294. The maximum atomic E-state index is 10.5. The third-order valence-electron chi connectivity index (χ3n) is 4.70. The summed E-state index contributed by atoms with van der Waals surface area (Å²) in [5.41, 5.74) is 4.69. The summed E-state index contributed by atoms with van der Waals surface area (Å²) < 4.78 is 30.4. The summed E-state index contributed by atoms with van der Waals surface area (Å²) in [4.78, 5) is -0.0666. The zero-order valence-corrected chi connectivity index (χ0v) is 20.4. The molecular weight excluding hydrogens is 430 g/mol. The molecule has 172 valence electrons. The second kappa shape index (κ2) is 12.1. The first kappa shape index (κ1) is 26.0. The lowest BCUT2D eigenvalue weighted by atomic mass is 10.1. The van der Waals surface area contributed by atoms with Crippen molar-refractivity contribution in [3.05, 3.63) is 120 Å². The van der Waals surface area contributed by atoms with E-state index in [0.29, 0.717) is 0 Å².